The minimum absolute atomic E-state index is 0.0647. The lowest BCUT2D eigenvalue weighted by Gasteiger charge is -2.71. The van der Waals surface area contributed by atoms with E-state index in [2.05, 4.69) is 39.1 Å². The molecular weight excluding hydrogens is 540 g/mol. The Hall–Kier alpha value is -2.30. The van der Waals surface area contributed by atoms with E-state index in [4.69, 9.17) is 0 Å². The Balaban J connectivity index is 1.59. The van der Waals surface area contributed by atoms with Crippen LogP contribution in [0.4, 0.5) is 0 Å². The van der Waals surface area contributed by atoms with Crippen molar-refractivity contribution in [3.05, 3.63) is 23.3 Å². The van der Waals surface area contributed by atoms with Gasteiger partial charge in [-0.1, -0.05) is 67.9 Å². The topological polar surface area (TPSA) is 127 Å². The summed E-state index contributed by atoms with van der Waals surface area (Å²) in [7, 11) is 0. The largest absolute Gasteiger partial charge is 0.391 e. The highest BCUT2D eigenvalue weighted by Crippen LogP contribution is 2.75. The lowest BCUT2D eigenvalue weighted by Crippen LogP contribution is -2.74. The zero-order valence-electron chi connectivity index (χ0n) is 27.5. The van der Waals surface area contributed by atoms with Crippen LogP contribution in [0, 0.1) is 55.7 Å². The number of allylic oxidation sites excluding steroid dienone is 3. The molecule has 0 heterocycles. The van der Waals surface area contributed by atoms with Gasteiger partial charge in [0.15, 0.2) is 11.6 Å². The number of amides is 1. The van der Waals surface area contributed by atoms with Gasteiger partial charge in [-0.3, -0.25) is 14.4 Å². The average molecular weight is 593 g/mol. The van der Waals surface area contributed by atoms with Crippen LogP contribution in [-0.4, -0.2) is 45.9 Å². The number of hydrogen-bond acceptors (Lipinski definition) is 6. The highest BCUT2D eigenvalue weighted by Gasteiger charge is 2.75. The number of rotatable bonds is 5. The van der Waals surface area contributed by atoms with Gasteiger partial charge >= 0.3 is 0 Å². The van der Waals surface area contributed by atoms with Gasteiger partial charge in [0.05, 0.1) is 11.7 Å². The van der Waals surface area contributed by atoms with Gasteiger partial charge in [-0.25, -0.2) is 0 Å². The van der Waals surface area contributed by atoms with E-state index in [9.17, 15) is 29.9 Å². The van der Waals surface area contributed by atoms with Crippen LogP contribution >= 0.6 is 0 Å². The third-order valence-electron chi connectivity index (χ3n) is 13.9. The molecule has 5 aliphatic rings. The van der Waals surface area contributed by atoms with Crippen molar-refractivity contribution in [2.24, 2.45) is 44.3 Å². The number of Topliss-reactive ketones (excluding diaryl/α,β-unsaturated/α-hetero) is 1. The molecule has 3 fully saturated rings. The Kier molecular flexibility index (Phi) is 7.35. The molecule has 0 bridgehead atoms. The Labute approximate surface area is 257 Å². The van der Waals surface area contributed by atoms with E-state index >= 15 is 0 Å². The number of nitrogens with one attached hydrogen (secondary N) is 1. The van der Waals surface area contributed by atoms with E-state index in [-0.39, 0.29) is 40.9 Å². The van der Waals surface area contributed by atoms with E-state index in [1.54, 1.807) is 6.08 Å². The fraction of sp³-hybridized carbons (Fsp3) is 0.778. The Morgan fingerprint density at radius 1 is 1.05 bits per heavy atom. The van der Waals surface area contributed by atoms with Crippen LogP contribution in [0.25, 0.3) is 0 Å². The Bertz CT molecular complexity index is 1360. The molecule has 0 aromatic carbocycles. The van der Waals surface area contributed by atoms with Crippen molar-refractivity contribution in [3.63, 3.8) is 0 Å². The predicted octanol–water partition coefficient (Wildman–Crippen LogP) is 5.60. The number of carbonyl (C=O) groups is 3. The predicted molar refractivity (Wildman–Crippen MR) is 164 cm³/mol. The van der Waals surface area contributed by atoms with Crippen molar-refractivity contribution in [1.82, 2.24) is 5.32 Å². The summed E-state index contributed by atoms with van der Waals surface area (Å²) in [4.78, 5) is 41.5. The number of fused-ring (bicyclic) bond motifs is 7. The fourth-order valence-electron chi connectivity index (χ4n) is 10.8. The van der Waals surface area contributed by atoms with E-state index in [0.29, 0.717) is 25.7 Å². The summed E-state index contributed by atoms with van der Waals surface area (Å²) >= 11 is 0. The maximum Gasteiger partial charge on any atom is 0.226 e. The first-order valence-corrected chi connectivity index (χ1v) is 16.4. The molecule has 236 valence electrons. The highest BCUT2D eigenvalue weighted by atomic mass is 16.3. The first-order chi connectivity index (χ1) is 19.8. The van der Waals surface area contributed by atoms with Gasteiger partial charge in [0.25, 0.3) is 0 Å². The van der Waals surface area contributed by atoms with Gasteiger partial charge in [-0.2, -0.15) is 5.26 Å². The van der Waals surface area contributed by atoms with Gasteiger partial charge in [0.2, 0.25) is 5.91 Å². The second-order valence-electron chi connectivity index (χ2n) is 16.6. The van der Waals surface area contributed by atoms with Crippen molar-refractivity contribution < 1.29 is 24.6 Å². The molecule has 5 rings (SSSR count). The second kappa shape index (κ2) is 9.85. The minimum atomic E-state index is -1.66. The molecule has 3 N–H and O–H groups in total. The maximum atomic E-state index is 14.6. The lowest BCUT2D eigenvalue weighted by molar-refractivity contribution is -0.242. The third-order valence-corrected chi connectivity index (χ3v) is 13.9. The van der Waals surface area contributed by atoms with E-state index in [1.807, 2.05) is 33.8 Å². The van der Waals surface area contributed by atoms with Crippen molar-refractivity contribution in [3.8, 4) is 6.07 Å². The molecule has 3 saturated carbocycles. The average Bonchev–Trinajstić information content (AvgIpc) is 2.94. The molecule has 0 aromatic rings. The molecule has 43 heavy (non-hydrogen) atoms. The van der Waals surface area contributed by atoms with Gasteiger partial charge in [-0.05, 0) is 79.8 Å². The molecule has 9 atom stereocenters. The van der Waals surface area contributed by atoms with Crippen LogP contribution in [0.15, 0.2) is 23.3 Å². The monoisotopic (exact) mass is 592 g/mol. The van der Waals surface area contributed by atoms with Crippen molar-refractivity contribution in [2.75, 3.05) is 6.54 Å². The summed E-state index contributed by atoms with van der Waals surface area (Å²) in [5.41, 5.74) is -4.38. The number of nitriles is 1. The number of hydrogen-bond donors (Lipinski definition) is 3. The smallest absolute Gasteiger partial charge is 0.226 e. The summed E-state index contributed by atoms with van der Waals surface area (Å²) < 4.78 is 0. The zero-order chi connectivity index (χ0) is 32.0. The molecule has 0 saturated heterocycles. The molecular formula is C36H52N2O5. The van der Waals surface area contributed by atoms with Gasteiger partial charge in [-0.15, -0.1) is 0 Å². The summed E-state index contributed by atoms with van der Waals surface area (Å²) in [6, 6.07) is 2.14. The summed E-state index contributed by atoms with van der Waals surface area (Å²) in [5.74, 6) is -1.04. The number of aliphatic hydroxyl groups is 2. The maximum absolute atomic E-state index is 14.6. The Morgan fingerprint density at radius 3 is 2.33 bits per heavy atom. The van der Waals surface area contributed by atoms with E-state index in [0.717, 1.165) is 37.7 Å². The van der Waals surface area contributed by atoms with Gasteiger partial charge in [0.1, 0.15) is 11.7 Å². The van der Waals surface area contributed by atoms with Gasteiger partial charge in [0, 0.05) is 34.1 Å². The van der Waals surface area contributed by atoms with Crippen LogP contribution in [0.2, 0.25) is 0 Å². The first-order valence-electron chi connectivity index (χ1n) is 16.4. The van der Waals surface area contributed by atoms with Crippen LogP contribution in [0.1, 0.15) is 113 Å². The standard InChI is InChI=1S/C36H52N2O5/c1-9-10-23(39)21-38-29(42)32(5)14-13-31(4)15-16-35(8)34(7)12-11-24-30(2,3)28(41)22(20-37)18-33(24,6)25(34)17-27(40)36(35,43)26(31)19-32/h17-18,23-24,26,39,43H,9-16,19,21H2,1-8H3,(H,38,42)/t23?,24-,26+,31+,32-,33-,34+,35-,36+/m0/s1. The fourth-order valence-corrected chi connectivity index (χ4v) is 10.8. The number of aliphatic hydroxyl groups excluding tert-OH is 1. The van der Waals surface area contributed by atoms with E-state index < -0.39 is 44.7 Å². The van der Waals surface area contributed by atoms with Crippen molar-refractivity contribution in [1.29, 1.82) is 5.26 Å². The molecule has 5 aliphatic carbocycles. The quantitative estimate of drug-likeness (QED) is 0.382. The molecule has 0 radical (unpaired) electrons. The molecule has 0 aromatic heterocycles. The number of ketones is 2. The second-order valence-corrected chi connectivity index (χ2v) is 16.6. The molecule has 0 aliphatic heterocycles. The lowest BCUT2D eigenvalue weighted by atomic mass is 9.33. The first kappa shape index (κ1) is 32.1. The van der Waals surface area contributed by atoms with Gasteiger partial charge < -0.3 is 15.5 Å². The van der Waals surface area contributed by atoms with Crippen LogP contribution in [0.5, 0.6) is 0 Å². The minimum Gasteiger partial charge on any atom is -0.391 e. The summed E-state index contributed by atoms with van der Waals surface area (Å²) in [6.45, 7) is 16.5. The molecule has 1 unspecified atom stereocenters. The van der Waals surface area contributed by atoms with Crippen LogP contribution < -0.4 is 5.32 Å². The normalized spacial score (nSPS) is 45.7. The molecule has 0 spiro atoms. The summed E-state index contributed by atoms with van der Waals surface area (Å²) in [5, 5.41) is 36.2. The van der Waals surface area contributed by atoms with Crippen LogP contribution in [-0.2, 0) is 14.4 Å². The SMILES string of the molecule is CCCC(O)CNC(=O)[C@@]1(C)CC[C@]2(C)CC[C@@]3(C)[C@]4(C)CC[C@H]5C(C)(C)C(=O)C(C#N)=C[C@]5(C)C4=CC(=O)[C@]3(O)[C@@H]2C1. The van der Waals surface area contributed by atoms with Crippen molar-refractivity contribution >= 4 is 17.5 Å². The molecule has 7 nitrogen and oxygen atoms in total. The number of carbonyl (C=O) groups excluding carboxylic acids is 3. The molecule has 7 heteroatoms. The van der Waals surface area contributed by atoms with E-state index in [1.165, 1.54) is 0 Å². The zero-order valence-corrected chi connectivity index (χ0v) is 27.5. The van der Waals surface area contributed by atoms with Crippen molar-refractivity contribution in [2.45, 2.75) is 125 Å². The van der Waals surface area contributed by atoms with Crippen LogP contribution in [0.3, 0.4) is 0 Å². The number of nitrogens with zero attached hydrogens (tertiary/aromatic N) is 1. The summed E-state index contributed by atoms with van der Waals surface area (Å²) in [6.07, 6.45) is 9.17. The molecule has 1 amide bonds. The Morgan fingerprint density at radius 2 is 1.70 bits per heavy atom. The third kappa shape index (κ3) is 4.07. The highest BCUT2D eigenvalue weighted by molar-refractivity contribution is 6.05.